The molecule has 0 bridgehead atoms. The molecular weight excluding hydrogens is 211 g/mol. The van der Waals surface area contributed by atoms with Gasteiger partial charge in [0.2, 0.25) is 0 Å². The number of carboxylic acid groups (broad SMARTS) is 1. The fourth-order valence-corrected chi connectivity index (χ4v) is 1.50. The molecular formula is C11H9FN2O2. The molecule has 1 aromatic carbocycles. The Hall–Kier alpha value is -2.17. The molecule has 2 aromatic rings. The lowest BCUT2D eigenvalue weighted by atomic mass is 10.2. The van der Waals surface area contributed by atoms with Gasteiger partial charge in [0.05, 0.1) is 6.20 Å². The van der Waals surface area contributed by atoms with Crippen LogP contribution in [0.25, 0.3) is 5.69 Å². The molecule has 0 atom stereocenters. The fraction of sp³-hybridized carbons (Fsp3) is 0.0909. The van der Waals surface area contributed by atoms with E-state index >= 15 is 0 Å². The van der Waals surface area contributed by atoms with Gasteiger partial charge in [-0.05, 0) is 19.1 Å². The number of hydrogen-bond donors (Lipinski definition) is 1. The van der Waals surface area contributed by atoms with Crippen LogP contribution < -0.4 is 0 Å². The molecule has 4 nitrogen and oxygen atoms in total. The number of hydrogen-bond acceptors (Lipinski definition) is 2. The standard InChI is InChI=1S/C11H9FN2O2/c1-7-6-13-14(10(7)11(15)16)9-5-3-2-4-8(9)12/h2-6H,1H3,(H,15,16). The minimum absolute atomic E-state index is 0.0231. The number of aromatic nitrogens is 2. The molecule has 0 amide bonds. The molecule has 1 aromatic heterocycles. The van der Waals surface area contributed by atoms with Crippen molar-refractivity contribution in [3.63, 3.8) is 0 Å². The van der Waals surface area contributed by atoms with Gasteiger partial charge in [0, 0.05) is 5.56 Å². The molecule has 0 aliphatic heterocycles. The topological polar surface area (TPSA) is 55.1 Å². The second kappa shape index (κ2) is 3.77. The van der Waals surface area contributed by atoms with Gasteiger partial charge in [0.15, 0.2) is 5.69 Å². The number of aromatic carboxylic acids is 1. The van der Waals surface area contributed by atoms with Crippen LogP contribution >= 0.6 is 0 Å². The number of nitrogens with zero attached hydrogens (tertiary/aromatic N) is 2. The van der Waals surface area contributed by atoms with Gasteiger partial charge in [-0.15, -0.1) is 0 Å². The molecule has 0 aliphatic rings. The van der Waals surface area contributed by atoms with Gasteiger partial charge in [-0.2, -0.15) is 5.10 Å². The number of rotatable bonds is 2. The lowest BCUT2D eigenvalue weighted by Crippen LogP contribution is -2.10. The maximum atomic E-state index is 13.5. The monoisotopic (exact) mass is 220 g/mol. The van der Waals surface area contributed by atoms with Gasteiger partial charge in [-0.1, -0.05) is 12.1 Å². The highest BCUT2D eigenvalue weighted by atomic mass is 19.1. The summed E-state index contributed by atoms with van der Waals surface area (Å²) in [4.78, 5) is 11.0. The molecule has 5 heteroatoms. The van der Waals surface area contributed by atoms with E-state index in [1.54, 1.807) is 13.0 Å². The third kappa shape index (κ3) is 1.56. The van der Waals surface area contributed by atoms with Gasteiger partial charge >= 0.3 is 5.97 Å². The molecule has 0 unspecified atom stereocenters. The Morgan fingerprint density at radius 2 is 2.12 bits per heavy atom. The van der Waals surface area contributed by atoms with Crippen LogP contribution in [0, 0.1) is 12.7 Å². The predicted octanol–water partition coefficient (Wildman–Crippen LogP) is 2.02. The maximum Gasteiger partial charge on any atom is 0.354 e. The van der Waals surface area contributed by atoms with Crippen LogP contribution in [0.15, 0.2) is 30.5 Å². The summed E-state index contributed by atoms with van der Waals surface area (Å²) in [7, 11) is 0. The van der Waals surface area contributed by atoms with Crippen LogP contribution in [0.4, 0.5) is 4.39 Å². The Kier molecular flexibility index (Phi) is 2.44. The van der Waals surface area contributed by atoms with Crippen molar-refractivity contribution in [1.82, 2.24) is 9.78 Å². The van der Waals surface area contributed by atoms with Gasteiger partial charge in [-0.3, -0.25) is 0 Å². The number of benzene rings is 1. The molecule has 16 heavy (non-hydrogen) atoms. The smallest absolute Gasteiger partial charge is 0.354 e. The largest absolute Gasteiger partial charge is 0.477 e. The van der Waals surface area contributed by atoms with Crippen molar-refractivity contribution >= 4 is 5.97 Å². The van der Waals surface area contributed by atoms with Crippen molar-refractivity contribution in [2.75, 3.05) is 0 Å². The SMILES string of the molecule is Cc1cnn(-c2ccccc2F)c1C(=O)O. The summed E-state index contributed by atoms with van der Waals surface area (Å²) in [5.41, 5.74) is 0.605. The molecule has 82 valence electrons. The first-order chi connectivity index (χ1) is 7.61. The quantitative estimate of drug-likeness (QED) is 0.842. The second-order valence-corrected chi connectivity index (χ2v) is 3.34. The summed E-state index contributed by atoms with van der Waals surface area (Å²) in [6.07, 6.45) is 1.40. The highest BCUT2D eigenvalue weighted by molar-refractivity contribution is 5.88. The predicted molar refractivity (Wildman–Crippen MR) is 55.2 cm³/mol. The Morgan fingerprint density at radius 3 is 2.75 bits per heavy atom. The second-order valence-electron chi connectivity index (χ2n) is 3.34. The van der Waals surface area contributed by atoms with E-state index in [0.29, 0.717) is 5.56 Å². The molecule has 0 fully saturated rings. The average molecular weight is 220 g/mol. The molecule has 0 spiro atoms. The van der Waals surface area contributed by atoms with E-state index in [1.165, 1.54) is 24.4 Å². The van der Waals surface area contributed by atoms with E-state index in [4.69, 9.17) is 5.11 Å². The van der Waals surface area contributed by atoms with Gasteiger partial charge in [0.25, 0.3) is 0 Å². The summed E-state index contributed by atoms with van der Waals surface area (Å²) >= 11 is 0. The summed E-state index contributed by atoms with van der Waals surface area (Å²) in [5, 5.41) is 12.9. The van der Waals surface area contributed by atoms with Crippen LogP contribution in [0.2, 0.25) is 0 Å². The maximum absolute atomic E-state index is 13.5. The van der Waals surface area contributed by atoms with Gasteiger partial charge in [-0.25, -0.2) is 13.9 Å². The Bertz CT molecular complexity index is 549. The number of carboxylic acids is 1. The van der Waals surface area contributed by atoms with Crippen LogP contribution in [0.1, 0.15) is 16.1 Å². The zero-order valence-corrected chi connectivity index (χ0v) is 8.51. The first-order valence-corrected chi connectivity index (χ1v) is 4.64. The fourth-order valence-electron chi connectivity index (χ4n) is 1.50. The minimum Gasteiger partial charge on any atom is -0.477 e. The van der Waals surface area contributed by atoms with E-state index in [9.17, 15) is 9.18 Å². The van der Waals surface area contributed by atoms with Crippen molar-refractivity contribution < 1.29 is 14.3 Å². The van der Waals surface area contributed by atoms with Crippen LogP contribution in [0.3, 0.4) is 0 Å². The van der Waals surface area contributed by atoms with E-state index in [-0.39, 0.29) is 11.4 Å². The summed E-state index contributed by atoms with van der Waals surface area (Å²) in [5.74, 6) is -1.63. The van der Waals surface area contributed by atoms with Crippen LogP contribution in [0.5, 0.6) is 0 Å². The number of carbonyl (C=O) groups is 1. The molecule has 1 heterocycles. The third-order valence-corrected chi connectivity index (χ3v) is 2.24. The van der Waals surface area contributed by atoms with Gasteiger partial charge < -0.3 is 5.11 Å². The molecule has 0 radical (unpaired) electrons. The molecule has 0 saturated carbocycles. The lowest BCUT2D eigenvalue weighted by Gasteiger charge is -2.05. The Labute approximate surface area is 90.9 Å². The van der Waals surface area contributed by atoms with Crippen molar-refractivity contribution in [2.24, 2.45) is 0 Å². The molecule has 1 N–H and O–H groups in total. The first kappa shape index (κ1) is 10.4. The van der Waals surface area contributed by atoms with Gasteiger partial charge in [0.1, 0.15) is 11.5 Å². The summed E-state index contributed by atoms with van der Waals surface area (Å²) < 4.78 is 14.6. The number of halogens is 1. The molecule has 0 aliphatic carbocycles. The third-order valence-electron chi connectivity index (χ3n) is 2.24. The van der Waals surface area contributed by atoms with E-state index in [0.717, 1.165) is 4.68 Å². The highest BCUT2D eigenvalue weighted by Crippen LogP contribution is 2.16. The van der Waals surface area contributed by atoms with E-state index in [1.807, 2.05) is 0 Å². The average Bonchev–Trinajstić information content (AvgIpc) is 2.61. The van der Waals surface area contributed by atoms with Crippen molar-refractivity contribution in [2.45, 2.75) is 6.92 Å². The Morgan fingerprint density at radius 1 is 1.44 bits per heavy atom. The first-order valence-electron chi connectivity index (χ1n) is 4.64. The van der Waals surface area contributed by atoms with Crippen LogP contribution in [-0.4, -0.2) is 20.9 Å². The highest BCUT2D eigenvalue weighted by Gasteiger charge is 2.17. The van der Waals surface area contributed by atoms with Crippen molar-refractivity contribution in [3.8, 4) is 5.69 Å². The summed E-state index contributed by atoms with van der Waals surface area (Å²) in [6, 6.07) is 5.91. The zero-order chi connectivity index (χ0) is 11.7. The normalized spacial score (nSPS) is 10.4. The number of para-hydroxylation sites is 1. The summed E-state index contributed by atoms with van der Waals surface area (Å²) in [6.45, 7) is 1.62. The van der Waals surface area contributed by atoms with Crippen LogP contribution in [-0.2, 0) is 0 Å². The molecule has 2 rings (SSSR count). The van der Waals surface area contributed by atoms with Crippen molar-refractivity contribution in [3.05, 3.63) is 47.5 Å². The van der Waals surface area contributed by atoms with E-state index in [2.05, 4.69) is 5.10 Å². The molecule has 0 saturated heterocycles. The van der Waals surface area contributed by atoms with E-state index < -0.39 is 11.8 Å². The lowest BCUT2D eigenvalue weighted by molar-refractivity contribution is 0.0686. The van der Waals surface area contributed by atoms with Crippen molar-refractivity contribution in [1.29, 1.82) is 0 Å². The minimum atomic E-state index is -1.13. The number of aryl methyl sites for hydroxylation is 1. The zero-order valence-electron chi connectivity index (χ0n) is 8.51. The Balaban J connectivity index is 2.66.